The van der Waals surface area contributed by atoms with Gasteiger partial charge in [-0.05, 0) is 26.0 Å². The molecule has 1 fully saturated rings. The molecule has 0 bridgehead atoms. The van der Waals surface area contributed by atoms with Crippen LogP contribution in [0.15, 0.2) is 36.9 Å². The summed E-state index contributed by atoms with van der Waals surface area (Å²) < 4.78 is 45.4. The second-order valence-corrected chi connectivity index (χ2v) is 9.28. The van der Waals surface area contributed by atoms with Crippen LogP contribution in [0, 0.1) is 6.92 Å². The molecule has 8 nitrogen and oxygen atoms in total. The van der Waals surface area contributed by atoms with E-state index < -0.39 is 18.0 Å². The van der Waals surface area contributed by atoms with Gasteiger partial charge in [0.05, 0.1) is 37.0 Å². The van der Waals surface area contributed by atoms with Gasteiger partial charge in [-0.25, -0.2) is 15.0 Å². The molecule has 34 heavy (non-hydrogen) atoms. The van der Waals surface area contributed by atoms with Crippen LogP contribution in [-0.4, -0.2) is 43.9 Å². The molecule has 1 N–H and O–H groups in total. The Bertz CT molecular complexity index is 1360. The normalized spacial score (nSPS) is 15.3. The van der Waals surface area contributed by atoms with Crippen LogP contribution in [0.25, 0.3) is 21.5 Å². The third kappa shape index (κ3) is 4.14. The van der Waals surface area contributed by atoms with Gasteiger partial charge in [0.15, 0.2) is 0 Å². The molecule has 4 aromatic rings. The molecule has 1 amide bonds. The van der Waals surface area contributed by atoms with Crippen molar-refractivity contribution in [3.8, 4) is 10.6 Å². The number of ether oxygens (including phenoxy) is 1. The first kappa shape index (κ1) is 22.4. The number of nitrogens with zero attached hydrogens (tertiary/aromatic N) is 5. The fourth-order valence-corrected chi connectivity index (χ4v) is 4.45. The lowest BCUT2D eigenvalue weighted by Gasteiger charge is -2.27. The number of nitrogens with one attached hydrogen (secondary N) is 1. The minimum absolute atomic E-state index is 0.0879. The Balaban J connectivity index is 1.48. The fourth-order valence-electron chi connectivity index (χ4n) is 3.66. The summed E-state index contributed by atoms with van der Waals surface area (Å²) >= 11 is 1.51. The highest BCUT2D eigenvalue weighted by atomic mass is 32.1. The maximum Gasteiger partial charge on any atom is 0.451 e. The molecule has 12 heteroatoms. The number of carbonyl (C=O) groups excluding carboxylic acids is 1. The third-order valence-electron chi connectivity index (χ3n) is 5.57. The third-order valence-corrected chi connectivity index (χ3v) is 6.52. The number of rotatable bonds is 5. The lowest BCUT2D eigenvalue weighted by atomic mass is 10.0. The van der Waals surface area contributed by atoms with E-state index in [0.717, 1.165) is 38.7 Å². The molecule has 1 aromatic carbocycles. The Kier molecular flexibility index (Phi) is 5.56. The highest BCUT2D eigenvalue weighted by Gasteiger charge is 2.34. The largest absolute Gasteiger partial charge is 0.451 e. The van der Waals surface area contributed by atoms with Gasteiger partial charge in [0.1, 0.15) is 5.01 Å². The van der Waals surface area contributed by atoms with Crippen LogP contribution < -0.4 is 5.32 Å². The Morgan fingerprint density at radius 1 is 1.18 bits per heavy atom. The summed E-state index contributed by atoms with van der Waals surface area (Å²) in [4.78, 5) is 25.4. The number of fused-ring (bicyclic) bond motifs is 1. The molecule has 1 atom stereocenters. The summed E-state index contributed by atoms with van der Waals surface area (Å²) in [5, 5.41) is 8.98. The maximum absolute atomic E-state index is 13.2. The maximum atomic E-state index is 13.2. The monoisotopic (exact) mass is 488 g/mol. The zero-order valence-corrected chi connectivity index (χ0v) is 18.9. The van der Waals surface area contributed by atoms with E-state index in [2.05, 4.69) is 25.4 Å². The van der Waals surface area contributed by atoms with E-state index >= 15 is 0 Å². The summed E-state index contributed by atoms with van der Waals surface area (Å²) in [5.74, 6) is -1.61. The van der Waals surface area contributed by atoms with E-state index in [1.165, 1.54) is 11.3 Å². The van der Waals surface area contributed by atoms with Gasteiger partial charge in [-0.1, -0.05) is 0 Å². The second-order valence-electron chi connectivity index (χ2n) is 8.05. The number of carbonyl (C=O) groups is 1. The molecule has 0 aliphatic carbocycles. The molecule has 4 heterocycles. The second kappa shape index (κ2) is 8.44. The molecule has 0 spiro atoms. The minimum atomic E-state index is -4.63. The van der Waals surface area contributed by atoms with Gasteiger partial charge in [-0.2, -0.15) is 18.3 Å². The first-order valence-electron chi connectivity index (χ1n) is 10.4. The van der Waals surface area contributed by atoms with Gasteiger partial charge in [0.25, 0.3) is 5.91 Å². The lowest BCUT2D eigenvalue weighted by molar-refractivity contribution is -0.145. The summed E-state index contributed by atoms with van der Waals surface area (Å²) in [7, 11) is 0. The van der Waals surface area contributed by atoms with E-state index in [9.17, 15) is 18.0 Å². The first-order valence-corrected chi connectivity index (χ1v) is 11.2. The molecule has 1 saturated heterocycles. The molecule has 0 unspecified atom stereocenters. The van der Waals surface area contributed by atoms with Crippen molar-refractivity contribution in [3.63, 3.8) is 0 Å². The van der Waals surface area contributed by atoms with Crippen molar-refractivity contribution in [1.29, 1.82) is 0 Å². The van der Waals surface area contributed by atoms with E-state index in [4.69, 9.17) is 4.74 Å². The number of amides is 1. The van der Waals surface area contributed by atoms with Crippen LogP contribution >= 0.6 is 11.3 Å². The van der Waals surface area contributed by atoms with Crippen molar-refractivity contribution >= 4 is 28.1 Å². The Labute approximate surface area is 195 Å². The lowest BCUT2D eigenvalue weighted by Crippen LogP contribution is -2.31. The summed E-state index contributed by atoms with van der Waals surface area (Å²) in [5.41, 5.74) is 2.32. The molecule has 176 valence electrons. The highest BCUT2D eigenvalue weighted by molar-refractivity contribution is 7.15. The van der Waals surface area contributed by atoms with Gasteiger partial charge in [-0.3, -0.25) is 9.48 Å². The number of aryl methyl sites for hydroxylation is 1. The summed E-state index contributed by atoms with van der Waals surface area (Å²) in [6.07, 6.45) is 1.05. The van der Waals surface area contributed by atoms with Crippen molar-refractivity contribution < 1.29 is 22.7 Å². The van der Waals surface area contributed by atoms with Crippen molar-refractivity contribution in [1.82, 2.24) is 30.0 Å². The smallest absolute Gasteiger partial charge is 0.377 e. The zero-order valence-electron chi connectivity index (χ0n) is 18.1. The minimum Gasteiger partial charge on any atom is -0.377 e. The van der Waals surface area contributed by atoms with Gasteiger partial charge >= 0.3 is 6.18 Å². The van der Waals surface area contributed by atoms with Crippen molar-refractivity contribution in [3.05, 3.63) is 58.7 Å². The fraction of sp³-hybridized carbons (Fsp3) is 0.318. The molecule has 5 rings (SSSR count). The van der Waals surface area contributed by atoms with Gasteiger partial charge in [0.2, 0.25) is 5.82 Å². The van der Waals surface area contributed by atoms with Crippen LogP contribution in [-0.2, 0) is 10.9 Å². The number of benzene rings is 1. The zero-order chi connectivity index (χ0) is 24.0. The topological polar surface area (TPSA) is 94.8 Å². The SMILES string of the molecule is Cc1cnc(-c2cc(C(=O)N[C@H](C)c3cnc(C(F)(F)F)nc3)cc3c2cnn3C2COC2)s1. The van der Waals surface area contributed by atoms with Crippen LogP contribution in [0.1, 0.15) is 45.6 Å². The van der Waals surface area contributed by atoms with Gasteiger partial charge < -0.3 is 10.1 Å². The van der Waals surface area contributed by atoms with Gasteiger partial charge in [-0.15, -0.1) is 11.3 Å². The van der Waals surface area contributed by atoms with E-state index in [1.54, 1.807) is 31.5 Å². The average molecular weight is 488 g/mol. The summed E-state index contributed by atoms with van der Waals surface area (Å²) in [6.45, 7) is 4.70. The van der Waals surface area contributed by atoms with Crippen molar-refractivity contribution in [2.24, 2.45) is 0 Å². The van der Waals surface area contributed by atoms with Crippen LogP contribution in [0.5, 0.6) is 0 Å². The number of hydrogen-bond acceptors (Lipinski definition) is 7. The molecule has 0 saturated carbocycles. The summed E-state index contributed by atoms with van der Waals surface area (Å²) in [6, 6.07) is 3.00. The molecule has 1 aliphatic heterocycles. The Hall–Kier alpha value is -3.38. The quantitative estimate of drug-likeness (QED) is 0.449. The van der Waals surface area contributed by atoms with E-state index in [0.29, 0.717) is 24.3 Å². The Morgan fingerprint density at radius 3 is 2.50 bits per heavy atom. The van der Waals surface area contributed by atoms with E-state index in [1.807, 2.05) is 11.6 Å². The standard InChI is InChI=1S/C22H19F3N6O2S/c1-11-5-26-20(34-11)16-3-13(4-18-17(16)8-29-31(18)15-9-33-10-15)19(32)30-12(2)14-6-27-21(28-7-14)22(23,24)25/h3-8,12,15H,9-10H2,1-2H3,(H,30,32)/t12-/m1/s1. The molecular weight excluding hydrogens is 469 g/mol. The van der Waals surface area contributed by atoms with Crippen LogP contribution in [0.3, 0.4) is 0 Å². The number of aromatic nitrogens is 5. The first-order chi connectivity index (χ1) is 16.2. The molecule has 0 radical (unpaired) electrons. The van der Waals surface area contributed by atoms with Crippen LogP contribution in [0.4, 0.5) is 13.2 Å². The number of halogens is 3. The highest BCUT2D eigenvalue weighted by Crippen LogP contribution is 2.35. The number of hydrogen-bond donors (Lipinski definition) is 1. The molecule has 3 aromatic heterocycles. The number of thiazole rings is 1. The van der Waals surface area contributed by atoms with E-state index in [-0.39, 0.29) is 11.9 Å². The Morgan fingerprint density at radius 2 is 1.91 bits per heavy atom. The van der Waals surface area contributed by atoms with Gasteiger partial charge in [0, 0.05) is 45.5 Å². The molecular formula is C22H19F3N6O2S. The van der Waals surface area contributed by atoms with Crippen molar-refractivity contribution in [2.45, 2.75) is 32.1 Å². The van der Waals surface area contributed by atoms with Crippen molar-refractivity contribution in [2.75, 3.05) is 13.2 Å². The predicted molar refractivity (Wildman–Crippen MR) is 118 cm³/mol. The number of alkyl halides is 3. The average Bonchev–Trinajstić information content (AvgIpc) is 3.38. The van der Waals surface area contributed by atoms with Crippen LogP contribution in [0.2, 0.25) is 0 Å². The molecule has 1 aliphatic rings. The predicted octanol–water partition coefficient (Wildman–Crippen LogP) is 4.34.